The molecule has 1 aromatic carbocycles. The molecular formula is C22H22ClN5O4S. The van der Waals surface area contributed by atoms with Gasteiger partial charge in [0.2, 0.25) is 6.19 Å². The molecule has 2 aliphatic rings. The van der Waals surface area contributed by atoms with Gasteiger partial charge in [0.25, 0.3) is 11.8 Å². The molecule has 2 aromatic rings. The number of carbonyl (C=O) groups is 2. The molecule has 1 atom stereocenters. The zero-order chi connectivity index (χ0) is 23.4. The van der Waals surface area contributed by atoms with Crippen LogP contribution in [0.4, 0.5) is 11.4 Å². The maximum atomic E-state index is 13.2. The Kier molecular flexibility index (Phi) is 6.95. The normalized spacial score (nSPS) is 21.6. The number of thiophene rings is 1. The molecule has 0 spiro atoms. The van der Waals surface area contributed by atoms with E-state index in [-0.39, 0.29) is 25.0 Å². The minimum Gasteiger partial charge on any atom is -0.378 e. The molecule has 0 unspecified atom stereocenters. The van der Waals surface area contributed by atoms with Crippen molar-refractivity contribution < 1.29 is 19.1 Å². The lowest BCUT2D eigenvalue weighted by Crippen LogP contribution is -2.57. The average Bonchev–Trinajstić information content (AvgIpc) is 3.45. The molecule has 0 bridgehead atoms. The van der Waals surface area contributed by atoms with Crippen molar-refractivity contribution in [1.29, 1.82) is 5.26 Å². The molecule has 2 N–H and O–H groups in total. The molecule has 2 saturated heterocycles. The van der Waals surface area contributed by atoms with Gasteiger partial charge in [0, 0.05) is 30.9 Å². The lowest BCUT2D eigenvalue weighted by molar-refractivity contribution is -0.122. The minimum absolute atomic E-state index is 0.0858. The highest BCUT2D eigenvalue weighted by molar-refractivity contribution is 7.18. The van der Waals surface area contributed by atoms with Gasteiger partial charge in [-0.3, -0.25) is 9.59 Å². The Morgan fingerprint density at radius 1 is 1.27 bits per heavy atom. The highest BCUT2D eigenvalue weighted by Crippen LogP contribution is 2.28. The van der Waals surface area contributed by atoms with Gasteiger partial charge in [-0.25, -0.2) is 0 Å². The standard InChI is InChI=1S/C22H22ClN5O4S/c1-14-10-15(2-3-16(14)28-7-9-31-11-19(28)25-13-24)26-21(30)22(6-8-32-12-22)27-20(29)17-4-5-18(23)33-17/h2-5,10H,6-9,11-12H2,1H3,(H,26,30)(H,27,29)/b25-19+/t22-/m0/s1. The molecule has 1 aromatic heterocycles. The SMILES string of the molecule is Cc1cc(NC(=O)[C@]2(NC(=O)c3ccc(Cl)s3)CCOC2)ccc1N1CCOC/C1=N\C#N. The van der Waals surface area contributed by atoms with Crippen molar-refractivity contribution in [2.24, 2.45) is 4.99 Å². The van der Waals surface area contributed by atoms with Gasteiger partial charge in [0.1, 0.15) is 18.0 Å². The van der Waals surface area contributed by atoms with Gasteiger partial charge in [0.15, 0.2) is 0 Å². The predicted octanol–water partition coefficient (Wildman–Crippen LogP) is 2.95. The molecule has 3 heterocycles. The van der Waals surface area contributed by atoms with E-state index in [1.165, 1.54) is 0 Å². The Hall–Kier alpha value is -2.97. The average molecular weight is 488 g/mol. The van der Waals surface area contributed by atoms with Crippen LogP contribution in [-0.2, 0) is 14.3 Å². The van der Waals surface area contributed by atoms with Gasteiger partial charge >= 0.3 is 0 Å². The molecular weight excluding hydrogens is 466 g/mol. The topological polar surface area (TPSA) is 116 Å². The van der Waals surface area contributed by atoms with Crippen LogP contribution in [0.5, 0.6) is 0 Å². The minimum atomic E-state index is -1.17. The number of anilines is 2. The van der Waals surface area contributed by atoms with Gasteiger partial charge in [0.05, 0.1) is 22.4 Å². The van der Waals surface area contributed by atoms with E-state index < -0.39 is 5.54 Å². The summed E-state index contributed by atoms with van der Waals surface area (Å²) in [7, 11) is 0. The third-order valence-electron chi connectivity index (χ3n) is 5.53. The number of hydrogen-bond acceptors (Lipinski definition) is 7. The van der Waals surface area contributed by atoms with E-state index in [0.29, 0.717) is 46.9 Å². The summed E-state index contributed by atoms with van der Waals surface area (Å²) < 4.78 is 11.4. The van der Waals surface area contributed by atoms with Crippen LogP contribution in [0.25, 0.3) is 0 Å². The van der Waals surface area contributed by atoms with Crippen LogP contribution >= 0.6 is 22.9 Å². The number of nitrogens with one attached hydrogen (secondary N) is 2. The van der Waals surface area contributed by atoms with Crippen molar-refractivity contribution in [3.63, 3.8) is 0 Å². The van der Waals surface area contributed by atoms with E-state index in [0.717, 1.165) is 22.6 Å². The lowest BCUT2D eigenvalue weighted by Gasteiger charge is -2.31. The monoisotopic (exact) mass is 487 g/mol. The van der Waals surface area contributed by atoms with Gasteiger partial charge in [-0.15, -0.1) is 11.3 Å². The first kappa shape index (κ1) is 23.2. The third kappa shape index (κ3) is 5.02. The largest absolute Gasteiger partial charge is 0.378 e. The van der Waals surface area contributed by atoms with Crippen LogP contribution in [0.3, 0.4) is 0 Å². The number of halogens is 1. The second kappa shape index (κ2) is 9.89. The van der Waals surface area contributed by atoms with Gasteiger partial charge in [-0.2, -0.15) is 10.3 Å². The molecule has 9 nitrogen and oxygen atoms in total. The first-order valence-corrected chi connectivity index (χ1v) is 11.5. The summed E-state index contributed by atoms with van der Waals surface area (Å²) in [4.78, 5) is 32.2. The van der Waals surface area contributed by atoms with Crippen molar-refractivity contribution in [3.05, 3.63) is 45.1 Å². The van der Waals surface area contributed by atoms with E-state index in [4.69, 9.17) is 26.3 Å². The summed E-state index contributed by atoms with van der Waals surface area (Å²) in [6, 6.07) is 8.76. The fourth-order valence-corrected chi connectivity index (χ4v) is 4.78. The molecule has 172 valence electrons. The van der Waals surface area contributed by atoms with Gasteiger partial charge < -0.3 is 25.0 Å². The Labute approximate surface area is 199 Å². The molecule has 4 rings (SSSR count). The summed E-state index contributed by atoms with van der Waals surface area (Å²) in [5, 5.41) is 14.7. The van der Waals surface area contributed by atoms with Crippen LogP contribution < -0.4 is 15.5 Å². The number of nitrogens with zero attached hydrogens (tertiary/aromatic N) is 3. The molecule has 2 aliphatic heterocycles. The number of amides is 2. The van der Waals surface area contributed by atoms with Gasteiger partial charge in [-0.1, -0.05) is 11.6 Å². The van der Waals surface area contributed by atoms with Crippen LogP contribution in [0.2, 0.25) is 4.34 Å². The molecule has 2 amide bonds. The number of nitriles is 1. The van der Waals surface area contributed by atoms with Crippen molar-refractivity contribution >= 4 is 52.0 Å². The summed E-state index contributed by atoms with van der Waals surface area (Å²) in [6.45, 7) is 3.74. The predicted molar refractivity (Wildman–Crippen MR) is 126 cm³/mol. The van der Waals surface area contributed by atoms with E-state index >= 15 is 0 Å². The fourth-order valence-electron chi connectivity index (χ4n) is 3.84. The number of ether oxygens (including phenoxy) is 2. The second-order valence-corrected chi connectivity index (χ2v) is 9.45. The quantitative estimate of drug-likeness (QED) is 0.626. The van der Waals surface area contributed by atoms with Crippen molar-refractivity contribution in [2.45, 2.75) is 18.9 Å². The third-order valence-corrected chi connectivity index (χ3v) is 6.76. The highest BCUT2D eigenvalue weighted by Gasteiger charge is 2.44. The highest BCUT2D eigenvalue weighted by atomic mass is 35.5. The Balaban J connectivity index is 1.51. The first-order chi connectivity index (χ1) is 15.9. The fraction of sp³-hybridized carbons (Fsp3) is 0.364. The number of benzene rings is 1. The maximum absolute atomic E-state index is 13.2. The van der Waals surface area contributed by atoms with Crippen molar-refractivity contribution in [3.8, 4) is 6.19 Å². The molecule has 0 radical (unpaired) electrons. The summed E-state index contributed by atoms with van der Waals surface area (Å²) >= 11 is 7.09. The molecule has 0 saturated carbocycles. The van der Waals surface area contributed by atoms with E-state index in [2.05, 4.69) is 15.6 Å². The zero-order valence-corrected chi connectivity index (χ0v) is 19.5. The maximum Gasteiger partial charge on any atom is 0.262 e. The Bertz CT molecular complexity index is 1140. The number of hydrogen-bond donors (Lipinski definition) is 2. The summed E-state index contributed by atoms with van der Waals surface area (Å²) in [5.74, 6) is -0.168. The molecule has 11 heteroatoms. The Morgan fingerprint density at radius 2 is 2.12 bits per heavy atom. The van der Waals surface area contributed by atoms with Crippen molar-refractivity contribution in [1.82, 2.24) is 5.32 Å². The van der Waals surface area contributed by atoms with E-state index in [1.807, 2.05) is 30.1 Å². The van der Waals surface area contributed by atoms with Crippen LogP contribution in [-0.4, -0.2) is 56.2 Å². The smallest absolute Gasteiger partial charge is 0.262 e. The zero-order valence-electron chi connectivity index (χ0n) is 17.9. The first-order valence-electron chi connectivity index (χ1n) is 10.3. The summed E-state index contributed by atoms with van der Waals surface area (Å²) in [5.41, 5.74) is 1.20. The van der Waals surface area contributed by atoms with Crippen LogP contribution in [0.15, 0.2) is 35.3 Å². The van der Waals surface area contributed by atoms with Crippen molar-refractivity contribution in [2.75, 3.05) is 43.2 Å². The van der Waals surface area contributed by atoms with E-state index in [9.17, 15) is 9.59 Å². The number of amidine groups is 1. The second-order valence-electron chi connectivity index (χ2n) is 7.73. The number of aliphatic imine (C=N–C) groups is 1. The number of carbonyl (C=O) groups excluding carboxylic acids is 2. The van der Waals surface area contributed by atoms with E-state index in [1.54, 1.807) is 18.2 Å². The number of morpholine rings is 1. The number of aryl methyl sites for hydroxylation is 1. The van der Waals surface area contributed by atoms with Crippen LogP contribution in [0.1, 0.15) is 21.7 Å². The molecule has 2 fully saturated rings. The number of rotatable bonds is 5. The van der Waals surface area contributed by atoms with Gasteiger partial charge in [-0.05, 0) is 42.8 Å². The summed E-state index contributed by atoms with van der Waals surface area (Å²) in [6.07, 6.45) is 2.18. The lowest BCUT2D eigenvalue weighted by atomic mass is 9.96. The molecule has 33 heavy (non-hydrogen) atoms. The Morgan fingerprint density at radius 3 is 2.79 bits per heavy atom. The molecule has 0 aliphatic carbocycles. The van der Waals surface area contributed by atoms with Crippen LogP contribution in [0, 0.1) is 18.4 Å².